The summed E-state index contributed by atoms with van der Waals surface area (Å²) in [5.74, 6) is 0.00735. The maximum absolute atomic E-state index is 12.6. The molecule has 0 unspecified atom stereocenters. The predicted molar refractivity (Wildman–Crippen MR) is 120 cm³/mol. The summed E-state index contributed by atoms with van der Waals surface area (Å²) in [5, 5.41) is 5.39. The van der Waals surface area contributed by atoms with E-state index in [1.54, 1.807) is 12.1 Å². The number of fused-ring (bicyclic) bond motifs is 1. The number of benzene rings is 1. The SMILES string of the molecule is O=C(NCCN1CCN(C(=O)CCn2cnc3ccccc3c2=O)CC1)c1cccs1. The van der Waals surface area contributed by atoms with Crippen LogP contribution >= 0.6 is 11.3 Å². The minimum absolute atomic E-state index is 0.0396. The Morgan fingerprint density at radius 1 is 1.03 bits per heavy atom. The zero-order valence-electron chi connectivity index (χ0n) is 17.2. The van der Waals surface area contributed by atoms with Gasteiger partial charge in [-0.3, -0.25) is 23.9 Å². The number of carbonyl (C=O) groups is 2. The highest BCUT2D eigenvalue weighted by Gasteiger charge is 2.21. The molecule has 3 heterocycles. The minimum Gasteiger partial charge on any atom is -0.350 e. The van der Waals surface area contributed by atoms with Gasteiger partial charge in [-0.2, -0.15) is 0 Å². The van der Waals surface area contributed by atoms with Crippen LogP contribution in [0.15, 0.2) is 52.9 Å². The lowest BCUT2D eigenvalue weighted by Crippen LogP contribution is -2.50. The summed E-state index contributed by atoms with van der Waals surface area (Å²) >= 11 is 1.43. The number of hydrogen-bond acceptors (Lipinski definition) is 6. The number of hydrogen-bond donors (Lipinski definition) is 1. The second-order valence-electron chi connectivity index (χ2n) is 7.47. The molecular formula is C22H25N5O3S. The van der Waals surface area contributed by atoms with Crippen LogP contribution in [0.2, 0.25) is 0 Å². The molecular weight excluding hydrogens is 414 g/mol. The zero-order chi connectivity index (χ0) is 21.6. The quantitative estimate of drug-likeness (QED) is 0.602. The topological polar surface area (TPSA) is 87.5 Å². The van der Waals surface area contributed by atoms with Gasteiger partial charge < -0.3 is 10.2 Å². The summed E-state index contributed by atoms with van der Waals surface area (Å²) in [6, 6.07) is 10.9. The Bertz CT molecular complexity index is 1100. The van der Waals surface area contributed by atoms with Crippen molar-refractivity contribution in [3.63, 3.8) is 0 Å². The molecule has 2 aromatic heterocycles. The number of thiophene rings is 1. The minimum atomic E-state index is -0.118. The monoisotopic (exact) mass is 439 g/mol. The molecule has 1 N–H and O–H groups in total. The molecule has 0 bridgehead atoms. The summed E-state index contributed by atoms with van der Waals surface area (Å²) in [4.78, 5) is 46.2. The first kappa shape index (κ1) is 21.2. The first-order valence-corrected chi connectivity index (χ1v) is 11.3. The Labute approximate surface area is 184 Å². The summed E-state index contributed by atoms with van der Waals surface area (Å²) in [6.07, 6.45) is 1.79. The van der Waals surface area contributed by atoms with Gasteiger partial charge in [-0.05, 0) is 23.6 Å². The van der Waals surface area contributed by atoms with Crippen LogP contribution in [0.1, 0.15) is 16.1 Å². The van der Waals surface area contributed by atoms with Crippen LogP contribution in [0.25, 0.3) is 10.9 Å². The summed E-state index contributed by atoms with van der Waals surface area (Å²) in [5.41, 5.74) is 0.547. The van der Waals surface area contributed by atoms with Crippen LogP contribution in [-0.4, -0.2) is 70.4 Å². The van der Waals surface area contributed by atoms with E-state index in [1.165, 1.54) is 22.2 Å². The van der Waals surface area contributed by atoms with Gasteiger partial charge in [0.2, 0.25) is 5.91 Å². The van der Waals surface area contributed by atoms with Crippen molar-refractivity contribution < 1.29 is 9.59 Å². The highest BCUT2D eigenvalue weighted by atomic mass is 32.1. The fourth-order valence-electron chi connectivity index (χ4n) is 3.68. The molecule has 162 valence electrons. The van der Waals surface area contributed by atoms with E-state index in [-0.39, 0.29) is 23.8 Å². The van der Waals surface area contributed by atoms with Crippen molar-refractivity contribution in [3.05, 3.63) is 63.3 Å². The van der Waals surface area contributed by atoms with Gasteiger partial charge in [0.1, 0.15) is 0 Å². The van der Waals surface area contributed by atoms with Gasteiger partial charge in [0.25, 0.3) is 11.5 Å². The van der Waals surface area contributed by atoms with E-state index in [1.807, 2.05) is 34.5 Å². The number of piperazine rings is 1. The Morgan fingerprint density at radius 3 is 2.61 bits per heavy atom. The Balaban J connectivity index is 1.20. The third-order valence-electron chi connectivity index (χ3n) is 5.48. The van der Waals surface area contributed by atoms with Gasteiger partial charge in [0.15, 0.2) is 0 Å². The molecule has 1 saturated heterocycles. The van der Waals surface area contributed by atoms with Crippen molar-refractivity contribution in [3.8, 4) is 0 Å². The van der Waals surface area contributed by atoms with Crippen LogP contribution in [0.3, 0.4) is 0 Å². The normalized spacial score (nSPS) is 14.6. The maximum atomic E-state index is 12.6. The fraction of sp³-hybridized carbons (Fsp3) is 0.364. The van der Waals surface area contributed by atoms with Crippen LogP contribution < -0.4 is 10.9 Å². The first-order valence-electron chi connectivity index (χ1n) is 10.4. The molecule has 4 rings (SSSR count). The molecule has 9 heteroatoms. The molecule has 1 aliphatic rings. The summed E-state index contributed by atoms with van der Waals surface area (Å²) < 4.78 is 1.51. The molecule has 8 nitrogen and oxygen atoms in total. The molecule has 0 aliphatic carbocycles. The number of carbonyl (C=O) groups excluding carboxylic acids is 2. The van der Waals surface area contributed by atoms with E-state index < -0.39 is 0 Å². The van der Waals surface area contributed by atoms with E-state index in [2.05, 4.69) is 15.2 Å². The van der Waals surface area contributed by atoms with E-state index in [4.69, 9.17) is 0 Å². The molecule has 0 radical (unpaired) electrons. The summed E-state index contributed by atoms with van der Waals surface area (Å²) in [6.45, 7) is 4.53. The van der Waals surface area contributed by atoms with Crippen LogP contribution in [0.5, 0.6) is 0 Å². The summed E-state index contributed by atoms with van der Waals surface area (Å²) in [7, 11) is 0. The lowest BCUT2D eigenvalue weighted by atomic mass is 10.2. The molecule has 0 saturated carbocycles. The van der Waals surface area contributed by atoms with Crippen LogP contribution in [0.4, 0.5) is 0 Å². The average Bonchev–Trinajstić information content (AvgIpc) is 3.34. The highest BCUT2D eigenvalue weighted by Crippen LogP contribution is 2.09. The van der Waals surface area contributed by atoms with Gasteiger partial charge in [0.05, 0.1) is 22.1 Å². The Morgan fingerprint density at radius 2 is 1.84 bits per heavy atom. The largest absolute Gasteiger partial charge is 0.350 e. The zero-order valence-corrected chi connectivity index (χ0v) is 18.0. The van der Waals surface area contributed by atoms with Gasteiger partial charge in [-0.1, -0.05) is 18.2 Å². The standard InChI is InChI=1S/C22H25N5O3S/c28-20(7-9-27-16-24-18-5-2-1-4-17(18)22(27)30)26-13-11-25(12-14-26)10-8-23-21(29)19-6-3-15-31-19/h1-6,15-16H,7-14H2,(H,23,29). The van der Waals surface area contributed by atoms with Crippen LogP contribution in [-0.2, 0) is 11.3 Å². The van der Waals surface area contributed by atoms with E-state index in [0.29, 0.717) is 37.1 Å². The van der Waals surface area contributed by atoms with Crippen molar-refractivity contribution in [2.75, 3.05) is 39.3 Å². The van der Waals surface area contributed by atoms with E-state index in [0.717, 1.165) is 24.5 Å². The first-order chi connectivity index (χ1) is 15.1. The molecule has 0 spiro atoms. The molecule has 1 aliphatic heterocycles. The second kappa shape index (κ2) is 9.84. The number of nitrogens with zero attached hydrogens (tertiary/aromatic N) is 4. The van der Waals surface area contributed by atoms with Crippen LogP contribution in [0, 0.1) is 0 Å². The molecule has 1 fully saturated rings. The Hall–Kier alpha value is -3.04. The number of aryl methyl sites for hydroxylation is 1. The highest BCUT2D eigenvalue weighted by molar-refractivity contribution is 7.12. The predicted octanol–water partition coefficient (Wildman–Crippen LogP) is 1.42. The number of amides is 2. The van der Waals surface area contributed by atoms with Gasteiger partial charge in [0, 0.05) is 52.2 Å². The lowest BCUT2D eigenvalue weighted by molar-refractivity contribution is -0.133. The van der Waals surface area contributed by atoms with Gasteiger partial charge in [-0.15, -0.1) is 11.3 Å². The number of rotatable bonds is 7. The molecule has 3 aromatic rings. The molecule has 2 amide bonds. The molecule has 31 heavy (non-hydrogen) atoms. The Kier molecular flexibility index (Phi) is 6.73. The number of nitrogens with one attached hydrogen (secondary N) is 1. The van der Waals surface area contributed by atoms with Crippen molar-refractivity contribution in [2.45, 2.75) is 13.0 Å². The van der Waals surface area contributed by atoms with Gasteiger partial charge >= 0.3 is 0 Å². The number of para-hydroxylation sites is 1. The van der Waals surface area contributed by atoms with Crippen molar-refractivity contribution in [2.24, 2.45) is 0 Å². The second-order valence-corrected chi connectivity index (χ2v) is 8.41. The lowest BCUT2D eigenvalue weighted by Gasteiger charge is -2.34. The smallest absolute Gasteiger partial charge is 0.261 e. The third kappa shape index (κ3) is 5.18. The van der Waals surface area contributed by atoms with Crippen molar-refractivity contribution in [1.29, 1.82) is 0 Å². The van der Waals surface area contributed by atoms with Crippen molar-refractivity contribution in [1.82, 2.24) is 24.7 Å². The third-order valence-corrected chi connectivity index (χ3v) is 6.35. The van der Waals surface area contributed by atoms with E-state index >= 15 is 0 Å². The molecule has 1 aromatic carbocycles. The van der Waals surface area contributed by atoms with Crippen molar-refractivity contribution >= 4 is 34.1 Å². The molecule has 0 atom stereocenters. The van der Waals surface area contributed by atoms with Gasteiger partial charge in [-0.25, -0.2) is 4.98 Å². The fourth-order valence-corrected chi connectivity index (χ4v) is 4.32. The number of aromatic nitrogens is 2. The van der Waals surface area contributed by atoms with E-state index in [9.17, 15) is 14.4 Å². The maximum Gasteiger partial charge on any atom is 0.261 e. The average molecular weight is 440 g/mol.